The summed E-state index contributed by atoms with van der Waals surface area (Å²) in [6.45, 7) is 2.64. The minimum absolute atomic E-state index is 0.253. The molecule has 1 aliphatic rings. The van der Waals surface area contributed by atoms with Crippen LogP contribution in [0.2, 0.25) is 0 Å². The molecular formula is C22H23N7O2. The number of ether oxygens (including phenoxy) is 1. The zero-order valence-electron chi connectivity index (χ0n) is 17.4. The molecule has 2 N–H and O–H groups in total. The van der Waals surface area contributed by atoms with Crippen LogP contribution in [-0.2, 0) is 6.54 Å². The average Bonchev–Trinajstić information content (AvgIpc) is 3.40. The van der Waals surface area contributed by atoms with E-state index < -0.39 is 0 Å². The third-order valence-corrected chi connectivity index (χ3v) is 5.21. The van der Waals surface area contributed by atoms with Crippen molar-refractivity contribution in [2.45, 2.75) is 32.4 Å². The SMILES string of the molecule is CNCc1cc(Oc2ccc3c(ccn3C(=O)Nc3cc(C)n(C4CC4)n3)c2)ncn1. The number of benzene rings is 1. The fourth-order valence-electron chi connectivity index (χ4n) is 3.60. The quantitative estimate of drug-likeness (QED) is 0.494. The Bertz CT molecular complexity index is 1260. The van der Waals surface area contributed by atoms with Gasteiger partial charge in [-0.1, -0.05) is 0 Å². The number of rotatable bonds is 6. The molecule has 1 saturated carbocycles. The van der Waals surface area contributed by atoms with Crippen LogP contribution in [0.4, 0.5) is 10.6 Å². The Kier molecular flexibility index (Phi) is 4.87. The maximum atomic E-state index is 12.8. The summed E-state index contributed by atoms with van der Waals surface area (Å²) >= 11 is 0. The molecule has 0 saturated heterocycles. The standard InChI is InChI=1S/C22H23N7O2/c1-14-9-20(27-29(14)17-3-4-17)26-22(30)28-8-7-15-10-18(5-6-19(15)28)31-21-11-16(12-23-2)24-13-25-21/h5-11,13,17,23H,3-4,12H2,1-2H3,(H,26,27,30). The summed E-state index contributed by atoms with van der Waals surface area (Å²) in [6.07, 6.45) is 5.51. The van der Waals surface area contributed by atoms with Gasteiger partial charge in [-0.25, -0.2) is 14.8 Å². The van der Waals surface area contributed by atoms with E-state index in [-0.39, 0.29) is 6.03 Å². The summed E-state index contributed by atoms with van der Waals surface area (Å²) < 4.78 is 9.44. The second-order valence-electron chi connectivity index (χ2n) is 7.66. The number of hydrogen-bond donors (Lipinski definition) is 2. The van der Waals surface area contributed by atoms with E-state index in [1.54, 1.807) is 16.8 Å². The molecule has 0 aliphatic heterocycles. The van der Waals surface area contributed by atoms with E-state index in [9.17, 15) is 4.79 Å². The van der Waals surface area contributed by atoms with Gasteiger partial charge in [0.05, 0.1) is 17.3 Å². The number of fused-ring (bicyclic) bond motifs is 1. The van der Waals surface area contributed by atoms with Crippen molar-refractivity contribution < 1.29 is 9.53 Å². The van der Waals surface area contributed by atoms with Crippen molar-refractivity contribution in [3.8, 4) is 11.6 Å². The second kappa shape index (κ2) is 7.84. The predicted molar refractivity (Wildman–Crippen MR) is 116 cm³/mol. The molecule has 5 rings (SSSR count). The molecule has 1 aromatic carbocycles. The van der Waals surface area contributed by atoms with Gasteiger partial charge in [0.15, 0.2) is 5.82 Å². The highest BCUT2D eigenvalue weighted by Gasteiger charge is 2.26. The number of carbonyl (C=O) groups is 1. The molecule has 0 unspecified atom stereocenters. The molecule has 3 heterocycles. The van der Waals surface area contributed by atoms with E-state index >= 15 is 0 Å². The lowest BCUT2D eigenvalue weighted by atomic mass is 10.2. The predicted octanol–water partition coefficient (Wildman–Crippen LogP) is 3.86. The van der Waals surface area contributed by atoms with Crippen molar-refractivity contribution in [3.05, 3.63) is 60.3 Å². The van der Waals surface area contributed by atoms with Crippen LogP contribution in [-0.4, -0.2) is 37.4 Å². The zero-order chi connectivity index (χ0) is 21.4. The van der Waals surface area contributed by atoms with E-state index in [0.717, 1.165) is 35.1 Å². The fraction of sp³-hybridized carbons (Fsp3) is 0.273. The molecule has 0 bridgehead atoms. The number of hydrogen-bond acceptors (Lipinski definition) is 6. The third-order valence-electron chi connectivity index (χ3n) is 5.21. The number of anilines is 1. The first-order valence-electron chi connectivity index (χ1n) is 10.2. The van der Waals surface area contributed by atoms with Crippen molar-refractivity contribution in [1.82, 2.24) is 29.6 Å². The smallest absolute Gasteiger partial charge is 0.331 e. The Morgan fingerprint density at radius 1 is 1.19 bits per heavy atom. The van der Waals surface area contributed by atoms with E-state index in [0.29, 0.717) is 30.0 Å². The Morgan fingerprint density at radius 3 is 2.87 bits per heavy atom. The van der Waals surface area contributed by atoms with Crippen molar-refractivity contribution in [2.24, 2.45) is 0 Å². The molecule has 1 amide bonds. The van der Waals surface area contributed by atoms with Crippen LogP contribution in [0.25, 0.3) is 10.9 Å². The van der Waals surface area contributed by atoms with Crippen LogP contribution >= 0.6 is 0 Å². The first-order chi connectivity index (χ1) is 15.1. The molecule has 4 aromatic rings. The zero-order valence-corrected chi connectivity index (χ0v) is 17.4. The summed E-state index contributed by atoms with van der Waals surface area (Å²) in [7, 11) is 1.86. The van der Waals surface area contributed by atoms with Crippen LogP contribution < -0.4 is 15.4 Å². The van der Waals surface area contributed by atoms with Crippen molar-refractivity contribution in [2.75, 3.05) is 12.4 Å². The Hall–Kier alpha value is -3.72. The molecule has 3 aromatic heterocycles. The van der Waals surface area contributed by atoms with Gasteiger partial charge in [0.1, 0.15) is 12.1 Å². The Morgan fingerprint density at radius 2 is 2.06 bits per heavy atom. The topological polar surface area (TPSA) is 98.9 Å². The molecular weight excluding hydrogens is 394 g/mol. The highest BCUT2D eigenvalue weighted by Crippen LogP contribution is 2.36. The largest absolute Gasteiger partial charge is 0.439 e. The average molecular weight is 417 g/mol. The van der Waals surface area contributed by atoms with Crippen LogP contribution in [0.1, 0.15) is 30.3 Å². The lowest BCUT2D eigenvalue weighted by Gasteiger charge is -2.08. The highest BCUT2D eigenvalue weighted by molar-refractivity contribution is 5.98. The lowest BCUT2D eigenvalue weighted by Crippen LogP contribution is -2.18. The normalized spacial score (nSPS) is 13.5. The molecule has 1 fully saturated rings. The minimum Gasteiger partial charge on any atom is -0.439 e. The fourth-order valence-corrected chi connectivity index (χ4v) is 3.60. The number of nitrogens with one attached hydrogen (secondary N) is 2. The number of amides is 1. The number of nitrogens with zero attached hydrogens (tertiary/aromatic N) is 5. The van der Waals surface area contributed by atoms with Gasteiger partial charge in [-0.3, -0.25) is 14.6 Å². The second-order valence-corrected chi connectivity index (χ2v) is 7.66. The summed E-state index contributed by atoms with van der Waals surface area (Å²) in [5, 5.41) is 11.3. The molecule has 9 nitrogen and oxygen atoms in total. The van der Waals surface area contributed by atoms with E-state index in [1.165, 1.54) is 6.33 Å². The maximum Gasteiger partial charge on any atom is 0.331 e. The lowest BCUT2D eigenvalue weighted by molar-refractivity contribution is 0.254. The monoisotopic (exact) mass is 417 g/mol. The van der Waals surface area contributed by atoms with Gasteiger partial charge >= 0.3 is 6.03 Å². The van der Waals surface area contributed by atoms with Crippen molar-refractivity contribution in [3.63, 3.8) is 0 Å². The van der Waals surface area contributed by atoms with E-state index in [2.05, 4.69) is 25.7 Å². The molecule has 158 valence electrons. The summed E-state index contributed by atoms with van der Waals surface area (Å²) in [5.74, 6) is 1.68. The van der Waals surface area contributed by atoms with Crippen LogP contribution in [0, 0.1) is 6.92 Å². The molecule has 0 atom stereocenters. The highest BCUT2D eigenvalue weighted by atomic mass is 16.5. The molecule has 9 heteroatoms. The van der Waals surface area contributed by atoms with Gasteiger partial charge in [0.2, 0.25) is 5.88 Å². The van der Waals surface area contributed by atoms with Gasteiger partial charge in [0.25, 0.3) is 0 Å². The number of aryl methyl sites for hydroxylation is 1. The summed E-state index contributed by atoms with van der Waals surface area (Å²) in [4.78, 5) is 21.2. The Labute approximate surface area is 179 Å². The summed E-state index contributed by atoms with van der Waals surface area (Å²) in [6, 6.07) is 11.3. The van der Waals surface area contributed by atoms with Crippen LogP contribution in [0.3, 0.4) is 0 Å². The first-order valence-corrected chi connectivity index (χ1v) is 10.2. The van der Waals surface area contributed by atoms with Gasteiger partial charge in [-0.2, -0.15) is 5.10 Å². The summed E-state index contributed by atoms with van der Waals surface area (Å²) in [5.41, 5.74) is 2.68. The van der Waals surface area contributed by atoms with Crippen molar-refractivity contribution in [1.29, 1.82) is 0 Å². The number of carbonyl (C=O) groups excluding carboxylic acids is 1. The van der Waals surface area contributed by atoms with Crippen molar-refractivity contribution >= 4 is 22.8 Å². The Balaban J connectivity index is 1.33. The van der Waals surface area contributed by atoms with Crippen LogP contribution in [0.5, 0.6) is 11.6 Å². The van der Waals surface area contributed by atoms with E-state index in [1.807, 2.05) is 49.0 Å². The van der Waals surface area contributed by atoms with E-state index in [4.69, 9.17) is 4.74 Å². The first kappa shape index (κ1) is 19.3. The third kappa shape index (κ3) is 3.99. The maximum absolute atomic E-state index is 12.8. The van der Waals surface area contributed by atoms with Gasteiger partial charge in [-0.05, 0) is 51.1 Å². The van der Waals surface area contributed by atoms with Gasteiger partial charge in [-0.15, -0.1) is 0 Å². The molecule has 31 heavy (non-hydrogen) atoms. The van der Waals surface area contributed by atoms with Gasteiger partial charge < -0.3 is 10.1 Å². The number of aromatic nitrogens is 5. The van der Waals surface area contributed by atoms with Gasteiger partial charge in [0, 0.05) is 36.0 Å². The minimum atomic E-state index is -0.253. The molecule has 0 spiro atoms. The molecule has 1 aliphatic carbocycles. The molecule has 0 radical (unpaired) electrons. The van der Waals surface area contributed by atoms with Crippen LogP contribution in [0.15, 0.2) is 48.9 Å².